The van der Waals surface area contributed by atoms with E-state index in [9.17, 15) is 22.8 Å². The molecule has 0 aromatic heterocycles. The van der Waals surface area contributed by atoms with Crippen molar-refractivity contribution in [1.29, 1.82) is 0 Å². The Kier molecular flexibility index (Phi) is 4.39. The van der Waals surface area contributed by atoms with Crippen molar-refractivity contribution in [1.82, 2.24) is 4.90 Å². The van der Waals surface area contributed by atoms with Crippen molar-refractivity contribution in [2.75, 3.05) is 11.9 Å². The van der Waals surface area contributed by atoms with Crippen LogP contribution >= 0.6 is 0 Å². The maximum absolute atomic E-state index is 12.9. The summed E-state index contributed by atoms with van der Waals surface area (Å²) in [5.74, 6) is -3.12. The molecule has 1 aliphatic rings. The zero-order valence-corrected chi connectivity index (χ0v) is 11.4. The van der Waals surface area contributed by atoms with E-state index in [-0.39, 0.29) is 6.54 Å². The molecule has 118 valence electrons. The second kappa shape index (κ2) is 6.08. The Morgan fingerprint density at radius 2 is 1.86 bits per heavy atom. The number of nitrogens with two attached hydrogens (primary N) is 1. The number of primary amides is 1. The van der Waals surface area contributed by atoms with Gasteiger partial charge in [0.05, 0.1) is 5.92 Å². The van der Waals surface area contributed by atoms with Gasteiger partial charge in [0, 0.05) is 24.0 Å². The zero-order valence-electron chi connectivity index (χ0n) is 11.4. The van der Waals surface area contributed by atoms with E-state index in [2.05, 4.69) is 5.32 Å². The van der Waals surface area contributed by atoms with Crippen LogP contribution in [0.25, 0.3) is 0 Å². The highest BCUT2D eigenvalue weighted by Gasteiger charge is 2.45. The van der Waals surface area contributed by atoms with Crippen LogP contribution in [0.4, 0.5) is 23.7 Å². The quantitative estimate of drug-likeness (QED) is 0.880. The lowest BCUT2D eigenvalue weighted by atomic mass is 9.92. The predicted molar refractivity (Wildman–Crippen MR) is 73.6 cm³/mol. The third-order valence-electron chi connectivity index (χ3n) is 3.29. The molecular weight excluding hydrogens is 299 g/mol. The number of alkyl halides is 3. The van der Waals surface area contributed by atoms with E-state index in [1.54, 1.807) is 30.3 Å². The molecule has 3 amide bonds. The van der Waals surface area contributed by atoms with Crippen LogP contribution in [0.15, 0.2) is 42.1 Å². The second-order valence-corrected chi connectivity index (χ2v) is 4.82. The summed E-state index contributed by atoms with van der Waals surface area (Å²) < 4.78 is 38.6. The number of hydrogen-bond donors (Lipinski definition) is 2. The van der Waals surface area contributed by atoms with Gasteiger partial charge in [-0.15, -0.1) is 0 Å². The molecule has 2 rings (SSSR count). The molecule has 5 nitrogen and oxygen atoms in total. The van der Waals surface area contributed by atoms with Crippen molar-refractivity contribution in [3.63, 3.8) is 0 Å². The van der Waals surface area contributed by atoms with Gasteiger partial charge in [0.15, 0.2) is 0 Å². The largest absolute Gasteiger partial charge is 0.396 e. The van der Waals surface area contributed by atoms with Gasteiger partial charge in [-0.05, 0) is 18.6 Å². The summed E-state index contributed by atoms with van der Waals surface area (Å²) in [6.07, 6.45) is -4.09. The van der Waals surface area contributed by atoms with Gasteiger partial charge >= 0.3 is 12.2 Å². The fourth-order valence-electron chi connectivity index (χ4n) is 2.20. The average molecular weight is 313 g/mol. The number of carbonyl (C=O) groups excluding carboxylic acids is 2. The number of para-hydroxylation sites is 1. The molecule has 0 saturated carbocycles. The third-order valence-corrected chi connectivity index (χ3v) is 3.29. The number of urea groups is 1. The monoisotopic (exact) mass is 313 g/mol. The molecule has 0 bridgehead atoms. The summed E-state index contributed by atoms with van der Waals surface area (Å²) in [5.41, 5.74) is 4.89. The standard InChI is InChI=1S/C14H14F3N3O2/c15-14(16,17)11-6-7-20(8-10(11)12(18)21)13(22)19-9-4-2-1-3-5-9/h1-5,8,11H,6-7H2,(H2,18,21)(H,19,22). The average Bonchev–Trinajstić information content (AvgIpc) is 2.46. The minimum atomic E-state index is -4.57. The number of amides is 3. The smallest absolute Gasteiger partial charge is 0.366 e. The first-order chi connectivity index (χ1) is 10.3. The molecule has 1 aliphatic heterocycles. The van der Waals surface area contributed by atoms with Crippen LogP contribution in [0.5, 0.6) is 0 Å². The fraction of sp³-hybridized carbons (Fsp3) is 0.286. The van der Waals surface area contributed by atoms with Crippen molar-refractivity contribution in [2.45, 2.75) is 12.6 Å². The summed E-state index contributed by atoms with van der Waals surface area (Å²) in [7, 11) is 0. The van der Waals surface area contributed by atoms with Crippen molar-refractivity contribution >= 4 is 17.6 Å². The van der Waals surface area contributed by atoms with Crippen molar-refractivity contribution < 1.29 is 22.8 Å². The van der Waals surface area contributed by atoms with Gasteiger partial charge in [-0.1, -0.05) is 18.2 Å². The summed E-state index contributed by atoms with van der Waals surface area (Å²) in [4.78, 5) is 24.3. The maximum atomic E-state index is 12.9. The number of hydrogen-bond acceptors (Lipinski definition) is 2. The molecule has 1 aromatic carbocycles. The Morgan fingerprint density at radius 3 is 2.41 bits per heavy atom. The van der Waals surface area contributed by atoms with E-state index in [1.165, 1.54) is 0 Å². The predicted octanol–water partition coefficient (Wildman–Crippen LogP) is 2.47. The number of anilines is 1. The number of halogens is 3. The molecule has 0 saturated heterocycles. The van der Waals surface area contributed by atoms with Crippen LogP contribution in [-0.4, -0.2) is 29.6 Å². The van der Waals surface area contributed by atoms with Crippen LogP contribution < -0.4 is 11.1 Å². The molecule has 1 atom stereocenters. The van der Waals surface area contributed by atoms with Crippen LogP contribution in [-0.2, 0) is 4.79 Å². The zero-order chi connectivity index (χ0) is 16.3. The van der Waals surface area contributed by atoms with E-state index in [0.717, 1.165) is 11.1 Å². The molecule has 1 aromatic rings. The van der Waals surface area contributed by atoms with Gasteiger partial charge in [0.25, 0.3) is 0 Å². The normalized spacial score (nSPS) is 18.6. The van der Waals surface area contributed by atoms with Gasteiger partial charge in [-0.3, -0.25) is 4.79 Å². The van der Waals surface area contributed by atoms with E-state index in [4.69, 9.17) is 5.73 Å². The van der Waals surface area contributed by atoms with Crippen molar-refractivity contribution in [3.05, 3.63) is 42.1 Å². The molecule has 22 heavy (non-hydrogen) atoms. The summed E-state index contributed by atoms with van der Waals surface area (Å²) in [5, 5.41) is 2.53. The Bertz CT molecular complexity index is 599. The van der Waals surface area contributed by atoms with Gasteiger partial charge in [0.2, 0.25) is 5.91 Å². The number of nitrogens with zero attached hydrogens (tertiary/aromatic N) is 1. The minimum Gasteiger partial charge on any atom is -0.366 e. The lowest BCUT2D eigenvalue weighted by molar-refractivity contribution is -0.169. The number of benzene rings is 1. The van der Waals surface area contributed by atoms with Gasteiger partial charge in [-0.2, -0.15) is 13.2 Å². The van der Waals surface area contributed by atoms with Crippen LogP contribution in [0.2, 0.25) is 0 Å². The molecule has 0 aliphatic carbocycles. The summed E-state index contributed by atoms with van der Waals surface area (Å²) >= 11 is 0. The van der Waals surface area contributed by atoms with Crippen LogP contribution in [0.3, 0.4) is 0 Å². The minimum absolute atomic E-state index is 0.153. The SMILES string of the molecule is NC(=O)C1=CN(C(=O)Nc2ccccc2)CCC1C(F)(F)F. The topological polar surface area (TPSA) is 75.4 Å². The highest BCUT2D eigenvalue weighted by atomic mass is 19.4. The van der Waals surface area contributed by atoms with Crippen LogP contribution in [0, 0.1) is 5.92 Å². The molecule has 0 spiro atoms. The first kappa shape index (κ1) is 15.9. The molecule has 0 radical (unpaired) electrons. The lowest BCUT2D eigenvalue weighted by Gasteiger charge is -2.31. The summed E-state index contributed by atoms with van der Waals surface area (Å²) in [6, 6.07) is 7.82. The van der Waals surface area contributed by atoms with E-state index >= 15 is 0 Å². The molecule has 1 heterocycles. The van der Waals surface area contributed by atoms with E-state index in [0.29, 0.717) is 5.69 Å². The highest BCUT2D eigenvalue weighted by molar-refractivity contribution is 5.95. The first-order valence-corrected chi connectivity index (χ1v) is 6.50. The molecule has 8 heteroatoms. The maximum Gasteiger partial charge on any atom is 0.396 e. The molecular formula is C14H14F3N3O2. The second-order valence-electron chi connectivity index (χ2n) is 4.82. The summed E-state index contributed by atoms with van der Waals surface area (Å²) in [6.45, 7) is -0.153. The Balaban J connectivity index is 2.18. The van der Waals surface area contributed by atoms with Gasteiger partial charge < -0.3 is 16.0 Å². The number of nitrogens with one attached hydrogen (secondary N) is 1. The fourth-order valence-corrected chi connectivity index (χ4v) is 2.20. The van der Waals surface area contributed by atoms with Crippen molar-refractivity contribution in [3.8, 4) is 0 Å². The number of carbonyl (C=O) groups is 2. The Morgan fingerprint density at radius 1 is 1.23 bits per heavy atom. The molecule has 0 fully saturated rings. The Hall–Kier alpha value is -2.51. The molecule has 1 unspecified atom stereocenters. The van der Waals surface area contributed by atoms with Crippen LogP contribution in [0.1, 0.15) is 6.42 Å². The van der Waals surface area contributed by atoms with Crippen molar-refractivity contribution in [2.24, 2.45) is 11.7 Å². The third kappa shape index (κ3) is 3.57. The van der Waals surface area contributed by atoms with E-state index in [1.807, 2.05) is 0 Å². The lowest BCUT2D eigenvalue weighted by Crippen LogP contribution is -2.42. The highest BCUT2D eigenvalue weighted by Crippen LogP contribution is 2.37. The van der Waals surface area contributed by atoms with E-state index < -0.39 is 36.0 Å². The number of rotatable bonds is 2. The first-order valence-electron chi connectivity index (χ1n) is 6.50. The Labute approximate surface area is 124 Å². The van der Waals surface area contributed by atoms with Gasteiger partial charge in [0.1, 0.15) is 0 Å². The molecule has 3 N–H and O–H groups in total. The van der Waals surface area contributed by atoms with Gasteiger partial charge in [-0.25, -0.2) is 4.79 Å².